The largest absolute Gasteiger partial charge is 0.390 e. The molecular formula is C102H158F14O15. The number of aliphatic hydroxyl groups is 5. The van der Waals surface area contributed by atoms with Crippen LogP contribution in [0, 0.1) is 171 Å². The van der Waals surface area contributed by atoms with Gasteiger partial charge in [0.15, 0.2) is 0 Å². The van der Waals surface area contributed by atoms with E-state index in [9.17, 15) is 96.6 Å². The number of ketones is 2. The molecule has 0 aromatic carbocycles. The van der Waals surface area contributed by atoms with Crippen LogP contribution in [-0.4, -0.2) is 212 Å². The standard InChI is InChI=1S/C16H26F2O2.C15H24F2O3.C15H24F2O2.C14H20F2O2.2C14H22F2O2.C14H20F2O2/c1-3-16(19)12-4-10-5-13(16)7-11(6-12)14(10)8-20-9-15(2,17)18;1-12(16,17)9-20-10-13-3-11-4-14(18,6-13)8-15(5-11,7-13)19-2;1-14(16,17)8-19-7-12-10-3-9-4-11(6-10)15(2,18)13(12)5-9;1-13(15,16)7-18-8-14-4-9-2-10(5-14)12(17)11(3-9)6-14;2*1-13(15,16)8-18-7-12-10-2-9-3-11(12)6-14(17,4-9)5-10;1-14(15,16)7-18-6-12-9-2-8-3-10(5-9)13(17)11(12)4-8/h10-14,19H,3-9H2,1-2H3;11,18H,3-10H2,1-2H3;9-13,18H,3-8H2,1-2H3;9-11H,2-8H2,1H3;2*9-12,17H,2-8H2,1H3;8-12H,2-7H2,1H3. The van der Waals surface area contributed by atoms with E-state index in [2.05, 4.69) is 6.92 Å². The van der Waals surface area contributed by atoms with Crippen molar-refractivity contribution in [3.63, 3.8) is 0 Å². The Morgan fingerprint density at radius 1 is 0.313 bits per heavy atom. The minimum Gasteiger partial charge on any atom is -0.390 e. The lowest BCUT2D eigenvalue weighted by Crippen LogP contribution is -2.64. The second-order valence-corrected chi connectivity index (χ2v) is 49.7. The normalized spacial score (nSPS) is 45.9. The number of hydrogen-bond acceptors (Lipinski definition) is 15. The molecule has 0 heterocycles. The Morgan fingerprint density at radius 3 is 1.08 bits per heavy atom. The van der Waals surface area contributed by atoms with Gasteiger partial charge in [-0.1, -0.05) is 6.92 Å². The number of rotatable bonds is 30. The summed E-state index contributed by atoms with van der Waals surface area (Å²) in [7, 11) is 1.70. The topological polar surface area (TPSA) is 209 Å². The Kier molecular flexibility index (Phi) is 30.4. The van der Waals surface area contributed by atoms with Crippen LogP contribution in [0.2, 0.25) is 0 Å². The monoisotopic (exact) mass is 1890 g/mol. The van der Waals surface area contributed by atoms with E-state index < -0.39 is 116 Å². The summed E-state index contributed by atoms with van der Waals surface area (Å²) in [5, 5.41) is 53.1. The maximum atomic E-state index is 12.9. The molecule has 28 aliphatic carbocycles. The van der Waals surface area contributed by atoms with Crippen LogP contribution in [0.3, 0.4) is 0 Å². The Hall–Kier alpha value is -2.16. The predicted molar refractivity (Wildman–Crippen MR) is 462 cm³/mol. The van der Waals surface area contributed by atoms with Gasteiger partial charge in [0, 0.05) is 85.7 Å². The zero-order chi connectivity index (χ0) is 94.8. The lowest BCUT2D eigenvalue weighted by Gasteiger charge is -2.64. The van der Waals surface area contributed by atoms with Gasteiger partial charge >= 0.3 is 0 Å². The number of hydrogen-bond donors (Lipinski definition) is 5. The van der Waals surface area contributed by atoms with Crippen LogP contribution < -0.4 is 0 Å². The zero-order valence-corrected chi connectivity index (χ0v) is 79.6. The molecule has 0 aliphatic heterocycles. The molecule has 28 aliphatic rings. The van der Waals surface area contributed by atoms with Crippen molar-refractivity contribution in [2.45, 2.75) is 356 Å². The second-order valence-electron chi connectivity index (χ2n) is 49.7. The van der Waals surface area contributed by atoms with Gasteiger partial charge in [-0.3, -0.25) is 9.59 Å². The predicted octanol–water partition coefficient (Wildman–Crippen LogP) is 21.0. The second kappa shape index (κ2) is 38.6. The van der Waals surface area contributed by atoms with Crippen LogP contribution >= 0.6 is 0 Å². The van der Waals surface area contributed by atoms with E-state index in [-0.39, 0.29) is 57.9 Å². The number of Topliss-reactive ketones (excluding diaryl/α,β-unsaturated/α-hetero) is 2. The van der Waals surface area contributed by atoms with Crippen molar-refractivity contribution in [2.75, 3.05) is 99.6 Å². The molecule has 21 atom stereocenters. The third-order valence-electron chi connectivity index (χ3n) is 37.4. The van der Waals surface area contributed by atoms with Crippen molar-refractivity contribution in [2.24, 2.45) is 171 Å². The summed E-state index contributed by atoms with van der Waals surface area (Å²) >= 11 is 0. The molecule has 15 nitrogen and oxygen atoms in total. The summed E-state index contributed by atoms with van der Waals surface area (Å²) in [5.74, 6) is -6.37. The fourth-order valence-electron chi connectivity index (χ4n) is 34.0. The van der Waals surface area contributed by atoms with Crippen LogP contribution in [0.4, 0.5) is 61.5 Å². The highest BCUT2D eigenvalue weighted by molar-refractivity contribution is 5.86. The summed E-state index contributed by atoms with van der Waals surface area (Å²) in [6.07, 6.45) is 33.6. The molecular weight excluding hydrogens is 1730 g/mol. The summed E-state index contributed by atoms with van der Waals surface area (Å²) < 4.78 is 221. The van der Waals surface area contributed by atoms with Gasteiger partial charge in [0.2, 0.25) is 0 Å². The Labute approximate surface area is 768 Å². The summed E-state index contributed by atoms with van der Waals surface area (Å²) in [4.78, 5) is 24.1. The first-order valence-corrected chi connectivity index (χ1v) is 50.7. The summed E-state index contributed by atoms with van der Waals surface area (Å²) in [6.45, 7) is 9.57. The Balaban J connectivity index is 0.000000117. The molecule has 28 fully saturated rings. The highest BCUT2D eigenvalue weighted by Gasteiger charge is 2.66. The molecule has 0 radical (unpaired) electrons. The SMILES string of the molecule is CC(F)(F)COCC12CC3CC(C1)C(=O)C(C3)C2.CC(F)(F)COCC1C2CC3CC(C2)C(=O)C1C3.CC(F)(F)COCC1C2CC3CC(C2)C(C)(O)C1C3.CC(F)(F)COCC1C2CC3CC1CC(O)(C3)C2.CC(F)(F)COCC1C2CC3CC1CC(O)(C3)C2.CCC1(O)C2CC3CC1CC(C2)C3COCC(C)(F)F.COC12CC3CC(O)(CC(COCC(C)(F)F)(C3)C1)C2. The van der Waals surface area contributed by atoms with Gasteiger partial charge in [-0.25, -0.2) is 61.5 Å². The van der Waals surface area contributed by atoms with E-state index >= 15 is 0 Å². The Bertz CT molecular complexity index is 3670. The highest BCUT2D eigenvalue weighted by atomic mass is 19.3. The van der Waals surface area contributed by atoms with Gasteiger partial charge in [0.25, 0.3) is 41.5 Å². The molecule has 5 N–H and O–H groups in total. The van der Waals surface area contributed by atoms with Crippen molar-refractivity contribution in [1.29, 1.82) is 0 Å². The molecule has 29 heteroatoms. The van der Waals surface area contributed by atoms with E-state index in [0.29, 0.717) is 183 Å². The van der Waals surface area contributed by atoms with E-state index in [1.54, 1.807) is 7.11 Å². The lowest BCUT2D eigenvalue weighted by molar-refractivity contribution is -0.251. The molecule has 0 amide bonds. The fraction of sp³-hybridized carbons (Fsp3) is 0.980. The van der Waals surface area contributed by atoms with E-state index in [1.807, 2.05) is 6.92 Å². The van der Waals surface area contributed by atoms with Crippen LogP contribution in [-0.2, 0) is 47.5 Å². The molecule has 28 rings (SSSR count). The van der Waals surface area contributed by atoms with Crippen LogP contribution in [0.1, 0.15) is 281 Å². The maximum absolute atomic E-state index is 12.9. The number of carbonyl (C=O) groups is 2. The van der Waals surface area contributed by atoms with Crippen LogP contribution in [0.15, 0.2) is 0 Å². The molecule has 28 bridgehead atoms. The highest BCUT2D eigenvalue weighted by Crippen LogP contribution is 2.68. The van der Waals surface area contributed by atoms with Gasteiger partial charge in [0.1, 0.15) is 57.8 Å². The van der Waals surface area contributed by atoms with Gasteiger partial charge in [0.05, 0.1) is 79.9 Å². The quantitative estimate of drug-likeness (QED) is 0.0424. The molecule has 131 heavy (non-hydrogen) atoms. The maximum Gasteiger partial charge on any atom is 0.268 e. The van der Waals surface area contributed by atoms with E-state index in [1.165, 1.54) is 12.8 Å². The summed E-state index contributed by atoms with van der Waals surface area (Å²) in [5.41, 5.74) is -3.07. The van der Waals surface area contributed by atoms with Crippen molar-refractivity contribution in [3.8, 4) is 0 Å². The molecule has 21 unspecified atom stereocenters. The van der Waals surface area contributed by atoms with Crippen molar-refractivity contribution in [3.05, 3.63) is 0 Å². The molecule has 28 saturated carbocycles. The minimum absolute atomic E-state index is 0.0235. The lowest BCUT2D eigenvalue weighted by atomic mass is 9.46. The third kappa shape index (κ3) is 25.0. The number of ether oxygens (including phenoxy) is 8. The van der Waals surface area contributed by atoms with Crippen molar-refractivity contribution < 1.29 is 134 Å². The first-order chi connectivity index (χ1) is 60.8. The fourth-order valence-corrected chi connectivity index (χ4v) is 34.0. The molecule has 0 saturated heterocycles. The van der Waals surface area contributed by atoms with Crippen LogP contribution in [0.25, 0.3) is 0 Å². The average Bonchev–Trinajstić information content (AvgIpc) is 0.722. The van der Waals surface area contributed by atoms with Crippen molar-refractivity contribution >= 4 is 11.6 Å². The Morgan fingerprint density at radius 2 is 0.664 bits per heavy atom. The van der Waals surface area contributed by atoms with Crippen molar-refractivity contribution in [1.82, 2.24) is 0 Å². The first kappa shape index (κ1) is 103. The minimum atomic E-state index is -2.79. The molecule has 0 aromatic heterocycles. The zero-order valence-electron chi connectivity index (χ0n) is 79.6. The number of alkyl halides is 14. The number of methoxy groups -OCH3 is 1. The number of halogens is 14. The van der Waals surface area contributed by atoms with E-state index in [0.717, 1.165) is 247 Å². The molecule has 0 spiro atoms. The van der Waals surface area contributed by atoms with Gasteiger partial charge < -0.3 is 63.4 Å². The van der Waals surface area contributed by atoms with E-state index in [4.69, 9.17) is 37.9 Å². The smallest absolute Gasteiger partial charge is 0.268 e. The van der Waals surface area contributed by atoms with Gasteiger partial charge in [-0.05, 0) is 366 Å². The summed E-state index contributed by atoms with van der Waals surface area (Å²) in [6, 6.07) is 0. The average molecular weight is 1890 g/mol. The van der Waals surface area contributed by atoms with Gasteiger partial charge in [-0.2, -0.15) is 0 Å². The molecule has 0 aromatic rings. The number of carbonyl (C=O) groups excluding carboxylic acids is 2. The molecule has 754 valence electrons. The first-order valence-electron chi connectivity index (χ1n) is 50.7. The van der Waals surface area contributed by atoms with Crippen LogP contribution in [0.5, 0.6) is 0 Å². The van der Waals surface area contributed by atoms with Gasteiger partial charge in [-0.15, -0.1) is 0 Å². The third-order valence-corrected chi connectivity index (χ3v) is 37.4.